The van der Waals surface area contributed by atoms with Crippen molar-refractivity contribution < 1.29 is 28.6 Å². The number of benzene rings is 2. The minimum atomic E-state index is -1.82. The molecule has 2 N–H and O–H groups in total. The van der Waals surface area contributed by atoms with Gasteiger partial charge in [0.25, 0.3) is 0 Å². The molecule has 0 spiro atoms. The van der Waals surface area contributed by atoms with Crippen molar-refractivity contribution >= 4 is 28.7 Å². The van der Waals surface area contributed by atoms with Crippen LogP contribution < -0.4 is 4.90 Å². The number of rotatable bonds is 3. The van der Waals surface area contributed by atoms with Gasteiger partial charge in [0, 0.05) is 44.2 Å². The van der Waals surface area contributed by atoms with Gasteiger partial charge < -0.3 is 15.1 Å². The number of piperazine rings is 1. The molecule has 0 bridgehead atoms. The number of aliphatic carboxylic acids is 2. The number of hydrogen-bond acceptors (Lipinski definition) is 5. The highest BCUT2D eigenvalue weighted by Gasteiger charge is 2.19. The van der Waals surface area contributed by atoms with Crippen LogP contribution in [0.25, 0.3) is 10.9 Å². The number of carboxylic acids is 2. The number of carbonyl (C=O) groups is 2. The van der Waals surface area contributed by atoms with E-state index in [1.54, 1.807) is 6.07 Å². The Bertz CT molecular complexity index is 1060. The Balaban J connectivity index is 0.000000401. The zero-order valence-corrected chi connectivity index (χ0v) is 16.5. The van der Waals surface area contributed by atoms with Crippen molar-refractivity contribution in [1.82, 2.24) is 9.88 Å². The summed E-state index contributed by atoms with van der Waals surface area (Å²) in [6.45, 7) is 4.13. The zero-order chi connectivity index (χ0) is 22.4. The smallest absolute Gasteiger partial charge is 0.414 e. The summed E-state index contributed by atoms with van der Waals surface area (Å²) in [6, 6.07) is 15.4. The van der Waals surface area contributed by atoms with Crippen LogP contribution in [0.2, 0.25) is 0 Å². The number of fused-ring (bicyclic) bond motifs is 1. The van der Waals surface area contributed by atoms with Crippen molar-refractivity contribution in [2.24, 2.45) is 0 Å². The SMILES string of the molecule is Fc1ccc(CN2CCN(c3cc(F)c4ccccc4n3)CC2)cc1.O=C(O)C(=O)O. The van der Waals surface area contributed by atoms with Gasteiger partial charge in [0.2, 0.25) is 0 Å². The second-order valence-electron chi connectivity index (χ2n) is 6.98. The van der Waals surface area contributed by atoms with Gasteiger partial charge >= 0.3 is 11.9 Å². The first-order valence-corrected chi connectivity index (χ1v) is 9.57. The van der Waals surface area contributed by atoms with E-state index in [9.17, 15) is 8.78 Å². The van der Waals surface area contributed by atoms with Crippen molar-refractivity contribution in [1.29, 1.82) is 0 Å². The minimum Gasteiger partial charge on any atom is -0.473 e. The summed E-state index contributed by atoms with van der Waals surface area (Å²) in [6.07, 6.45) is 0. The number of para-hydroxylation sites is 1. The number of hydrogen-bond donors (Lipinski definition) is 2. The van der Waals surface area contributed by atoms with E-state index in [0.29, 0.717) is 16.7 Å². The van der Waals surface area contributed by atoms with Gasteiger partial charge in [0.1, 0.15) is 17.5 Å². The summed E-state index contributed by atoms with van der Waals surface area (Å²) in [5.74, 6) is -3.39. The molecule has 3 aromatic rings. The standard InChI is InChI=1S/C20H19F2N3.C2H2O4/c21-16-7-5-15(6-8-16)14-24-9-11-25(12-10-24)20-13-18(22)17-3-1-2-4-19(17)23-20;3-1(4)2(5)6/h1-8,13H,9-12,14H2;(H,3,4)(H,5,6). The van der Waals surface area contributed by atoms with E-state index in [1.807, 2.05) is 30.3 Å². The van der Waals surface area contributed by atoms with Crippen LogP contribution >= 0.6 is 0 Å². The monoisotopic (exact) mass is 429 g/mol. The predicted octanol–water partition coefficient (Wildman–Crippen LogP) is 2.99. The largest absolute Gasteiger partial charge is 0.473 e. The van der Waals surface area contributed by atoms with Crippen LogP contribution in [0.15, 0.2) is 54.6 Å². The molecular weight excluding hydrogens is 408 g/mol. The van der Waals surface area contributed by atoms with E-state index < -0.39 is 11.9 Å². The van der Waals surface area contributed by atoms with Gasteiger partial charge in [0.05, 0.1) is 5.52 Å². The Kier molecular flexibility index (Phi) is 7.09. The van der Waals surface area contributed by atoms with Gasteiger partial charge in [-0.25, -0.2) is 23.4 Å². The van der Waals surface area contributed by atoms with E-state index in [2.05, 4.69) is 14.8 Å². The molecule has 0 saturated carbocycles. The maximum absolute atomic E-state index is 14.3. The summed E-state index contributed by atoms with van der Waals surface area (Å²) in [7, 11) is 0. The highest BCUT2D eigenvalue weighted by atomic mass is 19.1. The molecule has 162 valence electrons. The molecule has 0 atom stereocenters. The maximum atomic E-state index is 14.3. The Labute approximate surface area is 177 Å². The summed E-state index contributed by atoms with van der Waals surface area (Å²) >= 11 is 0. The number of anilines is 1. The molecule has 0 amide bonds. The van der Waals surface area contributed by atoms with Gasteiger partial charge in [-0.05, 0) is 29.8 Å². The molecule has 1 aromatic heterocycles. The molecule has 9 heteroatoms. The fourth-order valence-electron chi connectivity index (χ4n) is 3.26. The van der Waals surface area contributed by atoms with Gasteiger partial charge in [-0.2, -0.15) is 0 Å². The third kappa shape index (κ3) is 5.95. The molecule has 1 fully saturated rings. The maximum Gasteiger partial charge on any atom is 0.414 e. The van der Waals surface area contributed by atoms with E-state index >= 15 is 0 Å². The molecule has 0 radical (unpaired) electrons. The predicted molar refractivity (Wildman–Crippen MR) is 111 cm³/mol. The highest BCUT2D eigenvalue weighted by Crippen LogP contribution is 2.23. The molecule has 7 nitrogen and oxygen atoms in total. The topological polar surface area (TPSA) is 94.0 Å². The summed E-state index contributed by atoms with van der Waals surface area (Å²) in [5.41, 5.74) is 1.79. The number of pyridine rings is 1. The molecule has 0 unspecified atom stereocenters. The van der Waals surface area contributed by atoms with Crippen molar-refractivity contribution in [2.75, 3.05) is 31.1 Å². The van der Waals surface area contributed by atoms with E-state index in [4.69, 9.17) is 19.8 Å². The Hall–Kier alpha value is -3.59. The summed E-state index contributed by atoms with van der Waals surface area (Å²) in [4.78, 5) is 27.2. The fraction of sp³-hybridized carbons (Fsp3) is 0.227. The van der Waals surface area contributed by atoms with Gasteiger partial charge in [0.15, 0.2) is 0 Å². The number of nitrogens with zero attached hydrogens (tertiary/aromatic N) is 3. The van der Waals surface area contributed by atoms with Crippen LogP contribution in [0, 0.1) is 11.6 Å². The third-order valence-electron chi connectivity index (χ3n) is 4.85. The normalized spacial score (nSPS) is 14.1. The molecule has 2 heterocycles. The first-order chi connectivity index (χ1) is 14.8. The number of halogens is 2. The molecule has 31 heavy (non-hydrogen) atoms. The first kappa shape index (κ1) is 22.1. The summed E-state index contributed by atoms with van der Waals surface area (Å²) < 4.78 is 27.3. The van der Waals surface area contributed by atoms with Crippen molar-refractivity contribution in [2.45, 2.75) is 6.54 Å². The lowest BCUT2D eigenvalue weighted by molar-refractivity contribution is -0.159. The summed E-state index contributed by atoms with van der Waals surface area (Å²) in [5, 5.41) is 15.3. The van der Waals surface area contributed by atoms with E-state index in [-0.39, 0.29) is 11.6 Å². The zero-order valence-electron chi connectivity index (χ0n) is 16.5. The van der Waals surface area contributed by atoms with Crippen LogP contribution in [0.5, 0.6) is 0 Å². The fourth-order valence-corrected chi connectivity index (χ4v) is 3.26. The van der Waals surface area contributed by atoms with Gasteiger partial charge in [-0.15, -0.1) is 0 Å². The molecule has 0 aliphatic carbocycles. The van der Waals surface area contributed by atoms with Gasteiger partial charge in [-0.1, -0.05) is 24.3 Å². The average Bonchev–Trinajstić information content (AvgIpc) is 2.76. The Morgan fingerprint density at radius 1 is 0.903 bits per heavy atom. The van der Waals surface area contributed by atoms with Crippen LogP contribution in [0.1, 0.15) is 5.56 Å². The van der Waals surface area contributed by atoms with E-state index in [1.165, 1.54) is 18.2 Å². The van der Waals surface area contributed by atoms with Crippen molar-refractivity contribution in [3.63, 3.8) is 0 Å². The van der Waals surface area contributed by atoms with Crippen LogP contribution in [-0.4, -0.2) is 58.2 Å². The Morgan fingerprint density at radius 2 is 1.52 bits per heavy atom. The van der Waals surface area contributed by atoms with Crippen LogP contribution in [0.3, 0.4) is 0 Å². The molecule has 1 aliphatic rings. The lowest BCUT2D eigenvalue weighted by Crippen LogP contribution is -2.46. The Morgan fingerprint density at radius 3 is 2.13 bits per heavy atom. The van der Waals surface area contributed by atoms with Crippen molar-refractivity contribution in [3.8, 4) is 0 Å². The molecule has 4 rings (SSSR count). The second-order valence-corrected chi connectivity index (χ2v) is 6.98. The molecule has 1 saturated heterocycles. The second kappa shape index (κ2) is 9.94. The molecule has 1 aliphatic heterocycles. The average molecular weight is 429 g/mol. The first-order valence-electron chi connectivity index (χ1n) is 9.57. The van der Waals surface area contributed by atoms with Gasteiger partial charge in [-0.3, -0.25) is 4.90 Å². The van der Waals surface area contributed by atoms with Crippen LogP contribution in [0.4, 0.5) is 14.6 Å². The minimum absolute atomic E-state index is 0.210. The quantitative estimate of drug-likeness (QED) is 0.618. The highest BCUT2D eigenvalue weighted by molar-refractivity contribution is 6.27. The lowest BCUT2D eigenvalue weighted by atomic mass is 10.2. The molecular formula is C22H21F2N3O4. The van der Waals surface area contributed by atoms with Crippen LogP contribution in [-0.2, 0) is 16.1 Å². The van der Waals surface area contributed by atoms with Crippen molar-refractivity contribution in [3.05, 3.63) is 71.8 Å². The van der Waals surface area contributed by atoms with E-state index in [0.717, 1.165) is 38.3 Å². The molecule has 2 aromatic carbocycles. The third-order valence-corrected chi connectivity index (χ3v) is 4.85. The lowest BCUT2D eigenvalue weighted by Gasteiger charge is -2.35. The number of aromatic nitrogens is 1. The number of carboxylic acid groups (broad SMARTS) is 2.